The van der Waals surface area contributed by atoms with Gasteiger partial charge in [0.1, 0.15) is 35.2 Å². The van der Waals surface area contributed by atoms with Gasteiger partial charge in [-0.1, -0.05) is 5.21 Å². The minimum Gasteiger partial charge on any atom is -0.455 e. The smallest absolute Gasteiger partial charge is 0.385 e. The molecule has 0 radical (unpaired) electrons. The highest BCUT2D eigenvalue weighted by molar-refractivity contribution is 5.92. The molecule has 0 saturated carbocycles. The summed E-state index contributed by atoms with van der Waals surface area (Å²) in [6, 6.07) is 0. The molecule has 36 heavy (non-hydrogen) atoms. The molecule has 1 aromatic heterocycles. The molecule has 2 heterocycles. The maximum atomic E-state index is 12.9. The maximum Gasteiger partial charge on any atom is 0.385 e. The summed E-state index contributed by atoms with van der Waals surface area (Å²) in [4.78, 5) is 25.2. The van der Waals surface area contributed by atoms with Gasteiger partial charge in [0.15, 0.2) is 6.23 Å². The molecule has 0 aromatic carbocycles. The normalized spacial score (nSPS) is 22.5. The number of carbonyl (C=O) groups excluding carboxylic acids is 2. The standard InChI is InChI=1S/C25H39N3O8/c1-14(2)32-20-17(13-29)34-22(21(20)33-15(3)4)28-16(11-12-18(30)35-24(5,6)7)19(26-27-28)23(31)36-25(8,9)10/h14-15,17,20-22,29H,13H2,1-10H3/t17-,20-,21-,22-/m1/s1. The van der Waals surface area contributed by atoms with Crippen LogP contribution in [-0.2, 0) is 28.5 Å². The Balaban J connectivity index is 2.59. The van der Waals surface area contributed by atoms with Gasteiger partial charge in [0.2, 0.25) is 5.69 Å². The summed E-state index contributed by atoms with van der Waals surface area (Å²) in [5, 5.41) is 18.1. The zero-order valence-electron chi connectivity index (χ0n) is 22.8. The lowest BCUT2D eigenvalue weighted by molar-refractivity contribution is -0.147. The van der Waals surface area contributed by atoms with Crippen molar-refractivity contribution in [3.63, 3.8) is 0 Å². The Hall–Kier alpha value is -2.52. The first-order valence-corrected chi connectivity index (χ1v) is 12.0. The van der Waals surface area contributed by atoms with Crippen LogP contribution in [0.25, 0.3) is 0 Å². The van der Waals surface area contributed by atoms with E-state index in [4.69, 9.17) is 23.7 Å². The van der Waals surface area contributed by atoms with E-state index in [2.05, 4.69) is 22.2 Å². The zero-order valence-corrected chi connectivity index (χ0v) is 22.8. The lowest BCUT2D eigenvalue weighted by atomic mass is 10.1. The van der Waals surface area contributed by atoms with E-state index in [9.17, 15) is 14.7 Å². The number of nitrogens with zero attached hydrogens (tertiary/aromatic N) is 3. The Morgan fingerprint density at radius 2 is 1.56 bits per heavy atom. The van der Waals surface area contributed by atoms with Crippen LogP contribution >= 0.6 is 0 Å². The number of hydrogen-bond acceptors (Lipinski definition) is 10. The Morgan fingerprint density at radius 3 is 2.06 bits per heavy atom. The summed E-state index contributed by atoms with van der Waals surface area (Å²) < 4.78 is 30.2. The van der Waals surface area contributed by atoms with E-state index >= 15 is 0 Å². The first kappa shape index (κ1) is 29.7. The second-order valence-corrected chi connectivity index (χ2v) is 11.0. The molecule has 0 aliphatic carbocycles. The third-order valence-corrected chi connectivity index (χ3v) is 4.53. The summed E-state index contributed by atoms with van der Waals surface area (Å²) in [6.07, 6.45) is -3.45. The summed E-state index contributed by atoms with van der Waals surface area (Å²) in [5.74, 6) is 3.50. The van der Waals surface area contributed by atoms with Crippen LogP contribution < -0.4 is 0 Å². The topological polar surface area (TPSA) is 131 Å². The van der Waals surface area contributed by atoms with E-state index < -0.39 is 47.7 Å². The van der Waals surface area contributed by atoms with Crippen molar-refractivity contribution in [1.29, 1.82) is 0 Å². The highest BCUT2D eigenvalue weighted by Gasteiger charge is 2.49. The molecule has 4 atom stereocenters. The van der Waals surface area contributed by atoms with Crippen LogP contribution in [0.1, 0.15) is 91.6 Å². The first-order chi connectivity index (χ1) is 16.5. The van der Waals surface area contributed by atoms with Crippen molar-refractivity contribution in [1.82, 2.24) is 15.0 Å². The molecule has 11 nitrogen and oxygen atoms in total. The van der Waals surface area contributed by atoms with Crippen LogP contribution in [0.2, 0.25) is 0 Å². The van der Waals surface area contributed by atoms with Gasteiger partial charge in [-0.3, -0.25) is 0 Å². The zero-order chi connectivity index (χ0) is 27.4. The second kappa shape index (κ2) is 11.7. The molecular weight excluding hydrogens is 470 g/mol. The van der Waals surface area contributed by atoms with E-state index in [-0.39, 0.29) is 30.2 Å². The predicted octanol–water partition coefficient (Wildman–Crippen LogP) is 2.40. The molecule has 1 aromatic rings. The number of rotatable bonds is 7. The van der Waals surface area contributed by atoms with E-state index in [1.807, 2.05) is 27.7 Å². The second-order valence-electron chi connectivity index (χ2n) is 11.0. The van der Waals surface area contributed by atoms with Crippen molar-refractivity contribution in [2.24, 2.45) is 0 Å². The summed E-state index contributed by atoms with van der Waals surface area (Å²) in [5.41, 5.74) is -1.76. The third-order valence-electron chi connectivity index (χ3n) is 4.53. The molecule has 0 amide bonds. The van der Waals surface area contributed by atoms with Crippen LogP contribution in [0, 0.1) is 11.8 Å². The Bertz CT molecular complexity index is 978. The van der Waals surface area contributed by atoms with Gasteiger partial charge in [0.05, 0.1) is 18.8 Å². The lowest BCUT2D eigenvalue weighted by Gasteiger charge is -2.27. The summed E-state index contributed by atoms with van der Waals surface area (Å²) >= 11 is 0. The Labute approximate surface area is 212 Å². The van der Waals surface area contributed by atoms with Crippen LogP contribution in [0.15, 0.2) is 0 Å². The largest absolute Gasteiger partial charge is 0.455 e. The fourth-order valence-corrected chi connectivity index (χ4v) is 3.46. The van der Waals surface area contributed by atoms with Gasteiger partial charge in [-0.25, -0.2) is 14.3 Å². The van der Waals surface area contributed by atoms with Crippen molar-refractivity contribution in [3.8, 4) is 11.8 Å². The molecule has 202 valence electrons. The van der Waals surface area contributed by atoms with Crippen molar-refractivity contribution >= 4 is 11.9 Å². The van der Waals surface area contributed by atoms with Crippen molar-refractivity contribution in [2.45, 2.75) is 117 Å². The lowest BCUT2D eigenvalue weighted by Crippen LogP contribution is -2.41. The van der Waals surface area contributed by atoms with Gasteiger partial charge in [-0.05, 0) is 75.2 Å². The fourth-order valence-electron chi connectivity index (χ4n) is 3.46. The maximum absolute atomic E-state index is 12.9. The summed E-state index contributed by atoms with van der Waals surface area (Å²) in [7, 11) is 0. The van der Waals surface area contributed by atoms with E-state index in [1.54, 1.807) is 41.5 Å². The van der Waals surface area contributed by atoms with Crippen LogP contribution in [0.4, 0.5) is 0 Å². The average Bonchev–Trinajstić information content (AvgIpc) is 3.24. The highest BCUT2D eigenvalue weighted by atomic mass is 16.6. The third kappa shape index (κ3) is 8.27. The highest BCUT2D eigenvalue weighted by Crippen LogP contribution is 2.35. The van der Waals surface area contributed by atoms with Gasteiger partial charge in [-0.2, -0.15) is 0 Å². The van der Waals surface area contributed by atoms with Crippen LogP contribution in [-0.4, -0.2) is 80.4 Å². The molecule has 1 saturated heterocycles. The predicted molar refractivity (Wildman–Crippen MR) is 129 cm³/mol. The number of aromatic nitrogens is 3. The van der Waals surface area contributed by atoms with E-state index in [0.717, 1.165) is 0 Å². The fraction of sp³-hybridized carbons (Fsp3) is 0.760. The van der Waals surface area contributed by atoms with Gasteiger partial charge in [0.25, 0.3) is 0 Å². The number of ether oxygens (including phenoxy) is 5. The Morgan fingerprint density at radius 1 is 1.00 bits per heavy atom. The van der Waals surface area contributed by atoms with Gasteiger partial charge >= 0.3 is 11.9 Å². The average molecular weight is 510 g/mol. The van der Waals surface area contributed by atoms with E-state index in [0.29, 0.717) is 0 Å². The molecule has 1 aliphatic heterocycles. The minimum absolute atomic E-state index is 0.0145. The van der Waals surface area contributed by atoms with Gasteiger partial charge < -0.3 is 28.8 Å². The molecule has 0 bridgehead atoms. The molecule has 0 spiro atoms. The molecule has 0 unspecified atom stereocenters. The van der Waals surface area contributed by atoms with Crippen LogP contribution in [0.3, 0.4) is 0 Å². The molecular formula is C25H39N3O8. The minimum atomic E-state index is -0.958. The van der Waals surface area contributed by atoms with Crippen molar-refractivity contribution < 1.29 is 38.4 Å². The molecule has 2 rings (SSSR count). The number of esters is 2. The quantitative estimate of drug-likeness (QED) is 0.432. The summed E-state index contributed by atoms with van der Waals surface area (Å²) in [6.45, 7) is 17.4. The molecule has 1 fully saturated rings. The van der Waals surface area contributed by atoms with Crippen LogP contribution in [0.5, 0.6) is 0 Å². The van der Waals surface area contributed by atoms with E-state index in [1.165, 1.54) is 4.68 Å². The number of aliphatic hydroxyl groups is 1. The van der Waals surface area contributed by atoms with Gasteiger partial charge in [0, 0.05) is 5.92 Å². The van der Waals surface area contributed by atoms with Gasteiger partial charge in [-0.15, -0.1) is 5.10 Å². The molecule has 1 N–H and O–H groups in total. The monoisotopic (exact) mass is 509 g/mol. The van der Waals surface area contributed by atoms with Crippen molar-refractivity contribution in [2.75, 3.05) is 6.61 Å². The number of hydrogen-bond donors (Lipinski definition) is 1. The Kier molecular flexibility index (Phi) is 9.64. The first-order valence-electron chi connectivity index (χ1n) is 12.0. The number of carbonyl (C=O) groups is 2. The molecule has 1 aliphatic rings. The SMILES string of the molecule is CC(C)O[C@@H]1[C@H](OC(C)C)[C@@H](CO)O[C@H]1n1nnc(C(=O)OC(C)(C)C)c1C#CC(=O)OC(C)(C)C. The van der Waals surface area contributed by atoms with Crippen molar-refractivity contribution in [3.05, 3.63) is 11.4 Å². The molecule has 11 heteroatoms. The number of aliphatic hydroxyl groups excluding tert-OH is 1.